The minimum Gasteiger partial charge on any atom is -0.294 e. The van der Waals surface area contributed by atoms with Crippen LogP contribution in [0.4, 0.5) is 0 Å². The Kier molecular flexibility index (Phi) is 4.21. The summed E-state index contributed by atoms with van der Waals surface area (Å²) in [5.74, 6) is 0.233. The maximum atomic E-state index is 11.6. The van der Waals surface area contributed by atoms with E-state index in [1.807, 2.05) is 25.3 Å². The Morgan fingerprint density at radius 2 is 2.07 bits per heavy atom. The van der Waals surface area contributed by atoms with Crippen LogP contribution in [0.3, 0.4) is 0 Å². The molecule has 1 nitrogen and oxygen atoms in total. The largest absolute Gasteiger partial charge is 0.294 e. The normalized spacial score (nSPS) is 10.2. The molecule has 14 heavy (non-hydrogen) atoms. The lowest BCUT2D eigenvalue weighted by molar-refractivity contribution is 0.0985. The molecule has 1 aromatic carbocycles. The highest BCUT2D eigenvalue weighted by Crippen LogP contribution is 2.23. The summed E-state index contributed by atoms with van der Waals surface area (Å²) in [5, 5.41) is 0. The molecular formula is C12H16OS. The smallest absolute Gasteiger partial charge is 0.163 e. The van der Waals surface area contributed by atoms with Gasteiger partial charge < -0.3 is 0 Å². The van der Waals surface area contributed by atoms with E-state index < -0.39 is 0 Å². The first kappa shape index (κ1) is 11.3. The van der Waals surface area contributed by atoms with Gasteiger partial charge in [-0.1, -0.05) is 26.0 Å². The van der Waals surface area contributed by atoms with Crippen molar-refractivity contribution >= 4 is 17.5 Å². The van der Waals surface area contributed by atoms with Crippen LogP contribution in [-0.2, 0) is 6.42 Å². The fraction of sp³-hybridized carbons (Fsp3) is 0.417. The van der Waals surface area contributed by atoms with E-state index in [1.165, 1.54) is 5.56 Å². The first-order valence-electron chi connectivity index (χ1n) is 4.93. The zero-order chi connectivity index (χ0) is 10.6. The summed E-state index contributed by atoms with van der Waals surface area (Å²) in [6.07, 6.45) is 3.62. The molecule has 0 aliphatic heterocycles. The molecule has 0 saturated carbocycles. The lowest BCUT2D eigenvalue weighted by atomic mass is 10.1. The van der Waals surface area contributed by atoms with Crippen molar-refractivity contribution in [3.8, 4) is 0 Å². The number of ketones is 1. The Morgan fingerprint density at radius 3 is 2.57 bits per heavy atom. The predicted molar refractivity (Wildman–Crippen MR) is 62.2 cm³/mol. The molecule has 0 fully saturated rings. The molecule has 76 valence electrons. The summed E-state index contributed by atoms with van der Waals surface area (Å²) >= 11 is 1.65. The molecule has 0 amide bonds. The second-order valence-electron chi connectivity index (χ2n) is 3.16. The van der Waals surface area contributed by atoms with Gasteiger partial charge in [0.05, 0.1) is 0 Å². The maximum Gasteiger partial charge on any atom is 0.163 e. The van der Waals surface area contributed by atoms with Crippen LogP contribution >= 0.6 is 11.8 Å². The van der Waals surface area contributed by atoms with Crippen molar-refractivity contribution in [3.63, 3.8) is 0 Å². The molecule has 1 aromatic rings. The molecule has 0 heterocycles. The van der Waals surface area contributed by atoms with E-state index >= 15 is 0 Å². The molecule has 1 rings (SSSR count). The first-order valence-corrected chi connectivity index (χ1v) is 6.15. The van der Waals surface area contributed by atoms with Crippen molar-refractivity contribution in [2.24, 2.45) is 0 Å². The zero-order valence-electron chi connectivity index (χ0n) is 8.96. The highest BCUT2D eigenvalue weighted by Gasteiger charge is 2.08. The van der Waals surface area contributed by atoms with Crippen molar-refractivity contribution in [2.75, 3.05) is 6.26 Å². The average molecular weight is 208 g/mol. The molecule has 0 N–H and O–H groups in total. The van der Waals surface area contributed by atoms with Gasteiger partial charge in [0, 0.05) is 16.9 Å². The van der Waals surface area contributed by atoms with Crippen LogP contribution in [0.25, 0.3) is 0 Å². The Bertz CT molecular complexity index is 331. The lowest BCUT2D eigenvalue weighted by Gasteiger charge is -2.07. The molecular weight excluding hydrogens is 192 g/mol. The van der Waals surface area contributed by atoms with E-state index in [-0.39, 0.29) is 5.78 Å². The molecule has 0 bridgehead atoms. The highest BCUT2D eigenvalue weighted by molar-refractivity contribution is 7.98. The minimum atomic E-state index is 0.233. The monoisotopic (exact) mass is 208 g/mol. The maximum absolute atomic E-state index is 11.6. The zero-order valence-corrected chi connectivity index (χ0v) is 9.78. The molecule has 0 atom stereocenters. The Labute approximate surface area is 89.9 Å². The number of benzene rings is 1. The van der Waals surface area contributed by atoms with Crippen molar-refractivity contribution < 1.29 is 4.79 Å². The number of thioether (sulfide) groups is 1. The van der Waals surface area contributed by atoms with Gasteiger partial charge in [-0.15, -0.1) is 11.8 Å². The summed E-state index contributed by atoms with van der Waals surface area (Å²) in [7, 11) is 0. The molecule has 0 aliphatic rings. The number of aryl methyl sites for hydroxylation is 1. The number of carbonyl (C=O) groups is 1. The van der Waals surface area contributed by atoms with Crippen molar-refractivity contribution in [2.45, 2.75) is 31.6 Å². The van der Waals surface area contributed by atoms with Gasteiger partial charge in [0.15, 0.2) is 5.78 Å². The van der Waals surface area contributed by atoms with Gasteiger partial charge >= 0.3 is 0 Å². The summed E-state index contributed by atoms with van der Waals surface area (Å²) in [5.41, 5.74) is 2.17. The molecule has 0 spiro atoms. The fourth-order valence-corrected chi connectivity index (χ4v) is 2.05. The molecule has 0 saturated heterocycles. The third kappa shape index (κ3) is 2.38. The van der Waals surface area contributed by atoms with Gasteiger partial charge in [-0.05, 0) is 24.3 Å². The molecule has 0 aromatic heterocycles. The van der Waals surface area contributed by atoms with Crippen molar-refractivity contribution in [1.82, 2.24) is 0 Å². The number of carbonyl (C=O) groups excluding carboxylic acids is 1. The number of Topliss-reactive ketones (excluding diaryl/α,β-unsaturated/α-hetero) is 1. The van der Waals surface area contributed by atoms with Crippen molar-refractivity contribution in [3.05, 3.63) is 29.3 Å². The number of rotatable bonds is 4. The van der Waals surface area contributed by atoms with Crippen LogP contribution < -0.4 is 0 Å². The lowest BCUT2D eigenvalue weighted by Crippen LogP contribution is -1.99. The topological polar surface area (TPSA) is 17.1 Å². The van der Waals surface area contributed by atoms with Crippen LogP contribution in [0.5, 0.6) is 0 Å². The Hall–Kier alpha value is -0.760. The third-order valence-electron chi connectivity index (χ3n) is 2.30. The van der Waals surface area contributed by atoms with Crippen molar-refractivity contribution in [1.29, 1.82) is 0 Å². The Morgan fingerprint density at radius 1 is 1.36 bits per heavy atom. The summed E-state index contributed by atoms with van der Waals surface area (Å²) in [6.45, 7) is 4.03. The quantitative estimate of drug-likeness (QED) is 0.556. The van der Waals surface area contributed by atoms with E-state index in [1.54, 1.807) is 11.8 Å². The van der Waals surface area contributed by atoms with E-state index in [2.05, 4.69) is 13.0 Å². The van der Waals surface area contributed by atoms with Gasteiger partial charge in [0.1, 0.15) is 0 Å². The third-order valence-corrected chi connectivity index (χ3v) is 3.07. The molecule has 0 radical (unpaired) electrons. The van der Waals surface area contributed by atoms with Crippen LogP contribution in [0.15, 0.2) is 23.1 Å². The summed E-state index contributed by atoms with van der Waals surface area (Å²) < 4.78 is 0. The molecule has 2 heteroatoms. The fourth-order valence-electron chi connectivity index (χ4n) is 1.38. The van der Waals surface area contributed by atoms with Gasteiger partial charge in [-0.25, -0.2) is 0 Å². The second kappa shape index (κ2) is 5.20. The predicted octanol–water partition coefficient (Wildman–Crippen LogP) is 3.56. The van der Waals surface area contributed by atoms with E-state index in [0.717, 1.165) is 16.9 Å². The van der Waals surface area contributed by atoms with Gasteiger partial charge in [-0.2, -0.15) is 0 Å². The average Bonchev–Trinajstić information content (AvgIpc) is 2.27. The first-order chi connectivity index (χ1) is 6.72. The standard InChI is InChI=1S/C12H16OS/c1-4-9-6-7-10(11(13)5-2)12(8-9)14-3/h6-8H,4-5H2,1-3H3. The minimum absolute atomic E-state index is 0.233. The van der Waals surface area contributed by atoms with E-state index in [0.29, 0.717) is 6.42 Å². The Balaban J connectivity index is 3.11. The summed E-state index contributed by atoms with van der Waals surface area (Å²) in [6, 6.07) is 6.12. The highest BCUT2D eigenvalue weighted by atomic mass is 32.2. The van der Waals surface area contributed by atoms with Crippen LogP contribution in [0.1, 0.15) is 36.2 Å². The van der Waals surface area contributed by atoms with Gasteiger partial charge in [0.25, 0.3) is 0 Å². The van der Waals surface area contributed by atoms with Crippen LogP contribution in [0, 0.1) is 0 Å². The van der Waals surface area contributed by atoms with Gasteiger partial charge in [-0.3, -0.25) is 4.79 Å². The van der Waals surface area contributed by atoms with Crippen LogP contribution in [0.2, 0.25) is 0 Å². The number of hydrogen-bond donors (Lipinski definition) is 0. The summed E-state index contributed by atoms with van der Waals surface area (Å²) in [4.78, 5) is 12.7. The van der Waals surface area contributed by atoms with Crippen LogP contribution in [-0.4, -0.2) is 12.0 Å². The number of hydrogen-bond acceptors (Lipinski definition) is 2. The molecule has 0 unspecified atom stereocenters. The van der Waals surface area contributed by atoms with E-state index in [4.69, 9.17) is 0 Å². The SMILES string of the molecule is CCC(=O)c1ccc(CC)cc1SC. The second-order valence-corrected chi connectivity index (χ2v) is 4.01. The van der Waals surface area contributed by atoms with E-state index in [9.17, 15) is 4.79 Å². The molecule has 0 aliphatic carbocycles. The van der Waals surface area contributed by atoms with Gasteiger partial charge in [0.2, 0.25) is 0 Å².